The number of fused-ring (bicyclic) bond motifs is 1. The molecule has 0 heterocycles. The van der Waals surface area contributed by atoms with Gasteiger partial charge in [-0.05, 0) is 61.8 Å². The van der Waals surface area contributed by atoms with Crippen LogP contribution >= 0.6 is 15.9 Å². The molecule has 0 saturated heterocycles. The maximum Gasteiger partial charge on any atom is 0.120 e. The fraction of sp³-hybridized carbons (Fsp3) is 0.647. The zero-order valence-electron chi connectivity index (χ0n) is 12.4. The highest BCUT2D eigenvalue weighted by Gasteiger charge is 2.56. The number of halogens is 1. The predicted molar refractivity (Wildman–Crippen MR) is 86.0 cm³/mol. The van der Waals surface area contributed by atoms with Crippen LogP contribution in [0.15, 0.2) is 22.7 Å². The molecule has 1 aromatic carbocycles. The lowest BCUT2D eigenvalue weighted by atomic mass is 9.96. The van der Waals surface area contributed by atoms with Crippen molar-refractivity contribution in [3.8, 4) is 5.75 Å². The molecule has 110 valence electrons. The van der Waals surface area contributed by atoms with Crippen LogP contribution in [0.1, 0.15) is 44.7 Å². The van der Waals surface area contributed by atoms with Crippen LogP contribution in [0.2, 0.25) is 0 Å². The van der Waals surface area contributed by atoms with Crippen LogP contribution in [-0.4, -0.2) is 13.2 Å². The highest BCUT2D eigenvalue weighted by Crippen LogP contribution is 2.62. The van der Waals surface area contributed by atoms with Crippen LogP contribution in [0.4, 0.5) is 0 Å². The van der Waals surface area contributed by atoms with E-state index in [1.807, 2.05) is 6.92 Å². The van der Waals surface area contributed by atoms with Gasteiger partial charge in [0.1, 0.15) is 5.75 Å². The standard InChI is InChI=1S/C17H24BrNO/c1-3-19-17(16-12-6-5-7-13(12)16)14-9-8-11(20-4-2)10-15(14)18/h8-10,12-13,16-17,19H,3-7H2,1-2H3. The number of rotatable bonds is 6. The van der Waals surface area contributed by atoms with Gasteiger partial charge in [0, 0.05) is 10.5 Å². The van der Waals surface area contributed by atoms with Crippen LogP contribution in [-0.2, 0) is 0 Å². The molecule has 1 aromatic rings. The summed E-state index contributed by atoms with van der Waals surface area (Å²) in [4.78, 5) is 0. The molecule has 2 fully saturated rings. The molecule has 2 aliphatic carbocycles. The zero-order chi connectivity index (χ0) is 14.1. The Labute approximate surface area is 130 Å². The van der Waals surface area contributed by atoms with Gasteiger partial charge in [-0.2, -0.15) is 0 Å². The topological polar surface area (TPSA) is 21.3 Å². The van der Waals surface area contributed by atoms with Crippen molar-refractivity contribution in [3.63, 3.8) is 0 Å². The second-order valence-electron chi connectivity index (χ2n) is 5.99. The van der Waals surface area contributed by atoms with E-state index in [0.717, 1.165) is 36.7 Å². The minimum atomic E-state index is 0.500. The van der Waals surface area contributed by atoms with Crippen molar-refractivity contribution in [2.24, 2.45) is 17.8 Å². The lowest BCUT2D eigenvalue weighted by molar-refractivity contribution is 0.339. The Morgan fingerprint density at radius 1 is 1.30 bits per heavy atom. The molecule has 3 heteroatoms. The van der Waals surface area contributed by atoms with Crippen LogP contribution in [0.3, 0.4) is 0 Å². The van der Waals surface area contributed by atoms with Crippen molar-refractivity contribution in [3.05, 3.63) is 28.2 Å². The summed E-state index contributed by atoms with van der Waals surface area (Å²) in [6, 6.07) is 6.95. The minimum absolute atomic E-state index is 0.500. The van der Waals surface area contributed by atoms with Crippen molar-refractivity contribution < 1.29 is 4.74 Å². The molecule has 3 unspecified atom stereocenters. The van der Waals surface area contributed by atoms with Gasteiger partial charge in [0.25, 0.3) is 0 Å². The van der Waals surface area contributed by atoms with Crippen molar-refractivity contribution in [2.45, 2.75) is 39.2 Å². The van der Waals surface area contributed by atoms with Crippen LogP contribution < -0.4 is 10.1 Å². The van der Waals surface area contributed by atoms with E-state index in [1.54, 1.807) is 0 Å². The Kier molecular flexibility index (Phi) is 4.37. The molecule has 0 bridgehead atoms. The molecule has 1 N–H and O–H groups in total. The number of hydrogen-bond acceptors (Lipinski definition) is 2. The van der Waals surface area contributed by atoms with Crippen molar-refractivity contribution >= 4 is 15.9 Å². The Morgan fingerprint density at radius 2 is 2.05 bits per heavy atom. The van der Waals surface area contributed by atoms with E-state index in [2.05, 4.69) is 46.4 Å². The Hall–Kier alpha value is -0.540. The Bertz CT molecular complexity index is 466. The SMILES string of the molecule is CCNC(c1ccc(OCC)cc1Br)C1C2CCCC21. The largest absolute Gasteiger partial charge is 0.494 e. The molecular weight excluding hydrogens is 314 g/mol. The molecule has 0 aromatic heterocycles. The van der Waals surface area contributed by atoms with Gasteiger partial charge in [0.05, 0.1) is 6.61 Å². The molecule has 2 saturated carbocycles. The first-order valence-electron chi connectivity index (χ1n) is 7.91. The van der Waals surface area contributed by atoms with Gasteiger partial charge < -0.3 is 10.1 Å². The van der Waals surface area contributed by atoms with E-state index >= 15 is 0 Å². The molecule has 2 nitrogen and oxygen atoms in total. The third-order valence-electron chi connectivity index (χ3n) is 4.90. The normalized spacial score (nSPS) is 29.1. The predicted octanol–water partition coefficient (Wildman–Crippen LogP) is 4.54. The Morgan fingerprint density at radius 3 is 2.65 bits per heavy atom. The number of hydrogen-bond donors (Lipinski definition) is 1. The number of ether oxygens (including phenoxy) is 1. The van der Waals surface area contributed by atoms with Crippen LogP contribution in [0.25, 0.3) is 0 Å². The third-order valence-corrected chi connectivity index (χ3v) is 5.59. The molecule has 0 radical (unpaired) electrons. The smallest absolute Gasteiger partial charge is 0.120 e. The van der Waals surface area contributed by atoms with E-state index in [-0.39, 0.29) is 0 Å². The van der Waals surface area contributed by atoms with Crippen LogP contribution in [0.5, 0.6) is 5.75 Å². The summed E-state index contributed by atoms with van der Waals surface area (Å²) in [6.45, 7) is 5.97. The fourth-order valence-electron chi connectivity index (χ4n) is 4.06. The van der Waals surface area contributed by atoms with Gasteiger partial charge in [-0.3, -0.25) is 0 Å². The highest BCUT2D eigenvalue weighted by molar-refractivity contribution is 9.10. The first-order valence-corrected chi connectivity index (χ1v) is 8.71. The lowest BCUT2D eigenvalue weighted by Gasteiger charge is -2.22. The molecule has 20 heavy (non-hydrogen) atoms. The minimum Gasteiger partial charge on any atom is -0.494 e. The second-order valence-corrected chi connectivity index (χ2v) is 6.84. The van der Waals surface area contributed by atoms with E-state index in [1.165, 1.54) is 29.3 Å². The van der Waals surface area contributed by atoms with Gasteiger partial charge in [0.2, 0.25) is 0 Å². The highest BCUT2D eigenvalue weighted by atomic mass is 79.9. The van der Waals surface area contributed by atoms with Gasteiger partial charge in [-0.25, -0.2) is 0 Å². The maximum atomic E-state index is 5.58. The van der Waals surface area contributed by atoms with Gasteiger partial charge >= 0.3 is 0 Å². The van der Waals surface area contributed by atoms with Crippen molar-refractivity contribution in [2.75, 3.05) is 13.2 Å². The average molecular weight is 338 g/mol. The van der Waals surface area contributed by atoms with E-state index in [0.29, 0.717) is 6.04 Å². The summed E-state index contributed by atoms with van der Waals surface area (Å²) in [5, 5.41) is 3.71. The van der Waals surface area contributed by atoms with Gasteiger partial charge in [-0.15, -0.1) is 0 Å². The summed E-state index contributed by atoms with van der Waals surface area (Å²) in [7, 11) is 0. The second kappa shape index (κ2) is 6.07. The zero-order valence-corrected chi connectivity index (χ0v) is 13.9. The molecule has 0 amide bonds. The molecule has 0 spiro atoms. The van der Waals surface area contributed by atoms with Crippen molar-refractivity contribution in [1.82, 2.24) is 5.32 Å². The quantitative estimate of drug-likeness (QED) is 0.822. The monoisotopic (exact) mass is 337 g/mol. The number of benzene rings is 1. The van der Waals surface area contributed by atoms with Gasteiger partial charge in [-0.1, -0.05) is 35.3 Å². The van der Waals surface area contributed by atoms with E-state index in [4.69, 9.17) is 4.74 Å². The van der Waals surface area contributed by atoms with Crippen molar-refractivity contribution in [1.29, 1.82) is 0 Å². The molecule has 0 aliphatic heterocycles. The summed E-state index contributed by atoms with van der Waals surface area (Å²) >= 11 is 3.74. The summed E-state index contributed by atoms with van der Waals surface area (Å²) in [6.07, 6.45) is 4.31. The summed E-state index contributed by atoms with van der Waals surface area (Å²) in [5.41, 5.74) is 1.40. The molecule has 3 rings (SSSR count). The summed E-state index contributed by atoms with van der Waals surface area (Å²) < 4.78 is 6.76. The maximum absolute atomic E-state index is 5.58. The third kappa shape index (κ3) is 2.62. The first-order chi connectivity index (χ1) is 9.76. The summed E-state index contributed by atoms with van der Waals surface area (Å²) in [5.74, 6) is 3.74. The van der Waals surface area contributed by atoms with Crippen LogP contribution in [0, 0.1) is 17.8 Å². The Balaban J connectivity index is 1.80. The van der Waals surface area contributed by atoms with E-state index in [9.17, 15) is 0 Å². The molecule has 2 aliphatic rings. The molecular formula is C17H24BrNO. The average Bonchev–Trinajstić information content (AvgIpc) is 2.89. The first kappa shape index (κ1) is 14.4. The van der Waals surface area contributed by atoms with Gasteiger partial charge in [0.15, 0.2) is 0 Å². The lowest BCUT2D eigenvalue weighted by Crippen LogP contribution is -2.24. The molecule has 3 atom stereocenters. The number of nitrogens with one attached hydrogen (secondary N) is 1. The van der Waals surface area contributed by atoms with E-state index < -0.39 is 0 Å². The fourth-order valence-corrected chi connectivity index (χ4v) is 4.67.